The van der Waals surface area contributed by atoms with Gasteiger partial charge in [0, 0.05) is 15.7 Å². The monoisotopic (exact) mass is 316 g/mol. The molecule has 0 aromatic heterocycles. The van der Waals surface area contributed by atoms with Crippen LogP contribution in [0, 0.1) is 11.3 Å². The third-order valence-electron chi connectivity index (χ3n) is 2.76. The Kier molecular flexibility index (Phi) is 7.02. The molecule has 0 heterocycles. The van der Waals surface area contributed by atoms with Crippen molar-refractivity contribution in [3.05, 3.63) is 28.2 Å². The van der Waals surface area contributed by atoms with Crippen molar-refractivity contribution in [1.29, 1.82) is 5.26 Å². The zero-order valence-electron chi connectivity index (χ0n) is 11.2. The second kappa shape index (κ2) is 8.01. The number of benzene rings is 1. The summed E-state index contributed by atoms with van der Waals surface area (Å²) in [7, 11) is 0. The minimum absolute atomic E-state index is 0.478. The summed E-state index contributed by atoms with van der Waals surface area (Å²) < 4.78 is 0. The van der Waals surface area contributed by atoms with Gasteiger partial charge in [0.1, 0.15) is 5.54 Å². The van der Waals surface area contributed by atoms with E-state index in [0.717, 1.165) is 30.0 Å². The lowest BCUT2D eigenvalue weighted by molar-refractivity contribution is 0.437. The number of nitrogens with zero attached hydrogens (tertiary/aromatic N) is 1. The maximum atomic E-state index is 9.24. The standard InChI is InChI=1S/C14H18Cl2N2S/c1-3-7-18-14(2,10-17)6-8-19-13-9-11(15)4-5-12(13)16/h4-5,9,18H,3,6-8H2,1-2H3. The average Bonchev–Trinajstić information content (AvgIpc) is 2.40. The number of rotatable bonds is 7. The molecule has 0 spiro atoms. The molecule has 1 aromatic rings. The lowest BCUT2D eigenvalue weighted by Crippen LogP contribution is -2.41. The molecule has 2 nitrogen and oxygen atoms in total. The molecule has 1 N–H and O–H groups in total. The van der Waals surface area contributed by atoms with E-state index in [4.69, 9.17) is 23.2 Å². The fourth-order valence-electron chi connectivity index (χ4n) is 1.54. The molecule has 1 rings (SSSR count). The molecular weight excluding hydrogens is 299 g/mol. The van der Waals surface area contributed by atoms with E-state index < -0.39 is 5.54 Å². The summed E-state index contributed by atoms with van der Waals surface area (Å²) in [6.45, 7) is 4.88. The van der Waals surface area contributed by atoms with Crippen LogP contribution in [0.15, 0.2) is 23.1 Å². The van der Waals surface area contributed by atoms with E-state index in [1.54, 1.807) is 23.9 Å². The number of halogens is 2. The molecule has 0 fully saturated rings. The Bertz CT molecular complexity index is 459. The Morgan fingerprint density at radius 1 is 1.42 bits per heavy atom. The molecule has 1 unspecified atom stereocenters. The van der Waals surface area contributed by atoms with Crippen LogP contribution in [0.25, 0.3) is 0 Å². The van der Waals surface area contributed by atoms with Crippen LogP contribution < -0.4 is 5.32 Å². The minimum atomic E-state index is -0.478. The fourth-order valence-corrected chi connectivity index (χ4v) is 3.20. The van der Waals surface area contributed by atoms with Crippen molar-refractivity contribution >= 4 is 35.0 Å². The molecule has 104 valence electrons. The lowest BCUT2D eigenvalue weighted by atomic mass is 10.0. The molecule has 0 aliphatic heterocycles. The Morgan fingerprint density at radius 3 is 2.79 bits per heavy atom. The highest BCUT2D eigenvalue weighted by molar-refractivity contribution is 7.99. The maximum absolute atomic E-state index is 9.24. The zero-order chi connectivity index (χ0) is 14.3. The van der Waals surface area contributed by atoms with Crippen molar-refractivity contribution in [1.82, 2.24) is 5.32 Å². The minimum Gasteiger partial charge on any atom is -0.300 e. The topological polar surface area (TPSA) is 35.8 Å². The van der Waals surface area contributed by atoms with Gasteiger partial charge in [-0.1, -0.05) is 30.1 Å². The Labute approximate surface area is 129 Å². The van der Waals surface area contributed by atoms with E-state index in [0.29, 0.717) is 10.0 Å². The first-order valence-corrected chi connectivity index (χ1v) is 7.99. The van der Waals surface area contributed by atoms with Gasteiger partial charge in [0.15, 0.2) is 0 Å². The van der Waals surface area contributed by atoms with Gasteiger partial charge < -0.3 is 0 Å². The molecule has 0 saturated heterocycles. The van der Waals surface area contributed by atoms with Crippen LogP contribution >= 0.6 is 35.0 Å². The second-order valence-corrected chi connectivity index (χ2v) is 6.52. The third-order valence-corrected chi connectivity index (χ3v) is 4.50. The first-order valence-electron chi connectivity index (χ1n) is 6.25. The summed E-state index contributed by atoms with van der Waals surface area (Å²) in [6.07, 6.45) is 1.78. The van der Waals surface area contributed by atoms with Crippen molar-refractivity contribution in [2.24, 2.45) is 0 Å². The van der Waals surface area contributed by atoms with Crippen LogP contribution in [-0.4, -0.2) is 17.8 Å². The van der Waals surface area contributed by atoms with Gasteiger partial charge in [-0.2, -0.15) is 5.26 Å². The SMILES string of the molecule is CCCNC(C)(C#N)CCSc1cc(Cl)ccc1Cl. The van der Waals surface area contributed by atoms with Crippen molar-refractivity contribution in [2.45, 2.75) is 37.1 Å². The van der Waals surface area contributed by atoms with E-state index in [2.05, 4.69) is 18.3 Å². The largest absolute Gasteiger partial charge is 0.300 e. The van der Waals surface area contributed by atoms with Crippen LogP contribution in [0.2, 0.25) is 10.0 Å². The van der Waals surface area contributed by atoms with Crippen molar-refractivity contribution in [3.63, 3.8) is 0 Å². The van der Waals surface area contributed by atoms with Gasteiger partial charge in [-0.15, -0.1) is 11.8 Å². The van der Waals surface area contributed by atoms with Crippen LogP contribution in [0.3, 0.4) is 0 Å². The summed E-state index contributed by atoms with van der Waals surface area (Å²) >= 11 is 13.7. The Hall–Kier alpha value is -0.400. The molecule has 0 aliphatic carbocycles. The maximum Gasteiger partial charge on any atom is 0.104 e. The Balaban J connectivity index is 2.53. The molecule has 0 radical (unpaired) electrons. The van der Waals surface area contributed by atoms with Crippen LogP contribution in [0.4, 0.5) is 0 Å². The van der Waals surface area contributed by atoms with Gasteiger partial charge in [-0.25, -0.2) is 0 Å². The van der Waals surface area contributed by atoms with Gasteiger partial charge in [0.25, 0.3) is 0 Å². The smallest absolute Gasteiger partial charge is 0.104 e. The first kappa shape index (κ1) is 16.7. The summed E-state index contributed by atoms with van der Waals surface area (Å²) in [6, 6.07) is 7.77. The predicted molar refractivity (Wildman–Crippen MR) is 84.1 cm³/mol. The number of nitriles is 1. The number of hydrogen-bond donors (Lipinski definition) is 1. The van der Waals surface area contributed by atoms with Gasteiger partial charge >= 0.3 is 0 Å². The van der Waals surface area contributed by atoms with Gasteiger partial charge in [0.05, 0.1) is 11.1 Å². The summed E-state index contributed by atoms with van der Waals surface area (Å²) in [4.78, 5) is 0.963. The van der Waals surface area contributed by atoms with Crippen molar-refractivity contribution < 1.29 is 0 Å². The zero-order valence-corrected chi connectivity index (χ0v) is 13.5. The van der Waals surface area contributed by atoms with Crippen molar-refractivity contribution in [2.75, 3.05) is 12.3 Å². The molecular formula is C14H18Cl2N2S. The third kappa shape index (κ3) is 5.62. The number of nitrogens with one attached hydrogen (secondary N) is 1. The van der Waals surface area contributed by atoms with Gasteiger partial charge in [-0.05, 0) is 44.5 Å². The van der Waals surface area contributed by atoms with Gasteiger partial charge in [0.2, 0.25) is 0 Å². The average molecular weight is 317 g/mol. The number of thioether (sulfide) groups is 1. The molecule has 0 aliphatic rings. The quantitative estimate of drug-likeness (QED) is 0.737. The fraction of sp³-hybridized carbons (Fsp3) is 0.500. The van der Waals surface area contributed by atoms with E-state index in [1.165, 1.54) is 0 Å². The van der Waals surface area contributed by atoms with E-state index in [9.17, 15) is 5.26 Å². The molecule has 1 aromatic carbocycles. The van der Waals surface area contributed by atoms with Crippen LogP contribution in [0.5, 0.6) is 0 Å². The van der Waals surface area contributed by atoms with E-state index >= 15 is 0 Å². The van der Waals surface area contributed by atoms with E-state index in [1.807, 2.05) is 13.0 Å². The molecule has 0 saturated carbocycles. The van der Waals surface area contributed by atoms with Gasteiger partial charge in [-0.3, -0.25) is 5.32 Å². The normalized spacial score (nSPS) is 13.8. The Morgan fingerprint density at radius 2 is 2.16 bits per heavy atom. The molecule has 1 atom stereocenters. The summed E-state index contributed by atoms with van der Waals surface area (Å²) in [5.74, 6) is 0.820. The summed E-state index contributed by atoms with van der Waals surface area (Å²) in [5.41, 5.74) is -0.478. The molecule has 19 heavy (non-hydrogen) atoms. The molecule has 0 amide bonds. The summed E-state index contributed by atoms with van der Waals surface area (Å²) in [5, 5.41) is 13.9. The highest BCUT2D eigenvalue weighted by Crippen LogP contribution is 2.31. The van der Waals surface area contributed by atoms with E-state index in [-0.39, 0.29) is 0 Å². The lowest BCUT2D eigenvalue weighted by Gasteiger charge is -2.22. The highest BCUT2D eigenvalue weighted by Gasteiger charge is 2.22. The highest BCUT2D eigenvalue weighted by atomic mass is 35.5. The number of hydrogen-bond acceptors (Lipinski definition) is 3. The predicted octanol–water partition coefficient (Wildman–Crippen LogP) is 4.76. The van der Waals surface area contributed by atoms with Crippen LogP contribution in [0.1, 0.15) is 26.7 Å². The molecule has 0 bridgehead atoms. The molecule has 5 heteroatoms. The second-order valence-electron chi connectivity index (χ2n) is 4.54. The first-order chi connectivity index (χ1) is 9.00. The van der Waals surface area contributed by atoms with Crippen molar-refractivity contribution in [3.8, 4) is 6.07 Å². The van der Waals surface area contributed by atoms with Crippen LogP contribution in [-0.2, 0) is 0 Å².